The van der Waals surface area contributed by atoms with Gasteiger partial charge in [0.2, 0.25) is 0 Å². The van der Waals surface area contributed by atoms with Crippen LogP contribution in [0.25, 0.3) is 0 Å². The van der Waals surface area contributed by atoms with E-state index in [1.54, 1.807) is 0 Å². The van der Waals surface area contributed by atoms with Crippen molar-refractivity contribution < 1.29 is 13.2 Å². The zero-order valence-corrected chi connectivity index (χ0v) is 10.1. The fraction of sp³-hybridized carbons (Fsp3) is 0.444. The maximum Gasteiger partial charge on any atom is 0.419 e. The number of aromatic nitrogens is 1. The number of pyridine rings is 1. The molecule has 1 rings (SSSR count). The molecule has 0 bridgehead atoms. The van der Waals surface area contributed by atoms with Gasteiger partial charge in [-0.05, 0) is 22.0 Å². The summed E-state index contributed by atoms with van der Waals surface area (Å²) in [7, 11) is 1.53. The van der Waals surface area contributed by atoms with Crippen LogP contribution in [-0.4, -0.2) is 25.1 Å². The van der Waals surface area contributed by atoms with Crippen LogP contribution in [0.3, 0.4) is 0 Å². The van der Waals surface area contributed by atoms with E-state index in [1.807, 2.05) is 0 Å². The Morgan fingerprint density at radius 3 is 2.62 bits per heavy atom. The first-order valence-corrected chi connectivity index (χ1v) is 5.29. The van der Waals surface area contributed by atoms with Gasteiger partial charge in [0.1, 0.15) is 5.82 Å². The van der Waals surface area contributed by atoms with Gasteiger partial charge >= 0.3 is 6.18 Å². The summed E-state index contributed by atoms with van der Waals surface area (Å²) >= 11 is 2.97. The van der Waals surface area contributed by atoms with E-state index < -0.39 is 11.7 Å². The zero-order valence-electron chi connectivity index (χ0n) is 8.55. The summed E-state index contributed by atoms with van der Waals surface area (Å²) in [6, 6.07) is 1.01. The number of nitrogens with zero attached hydrogens (tertiary/aromatic N) is 2. The van der Waals surface area contributed by atoms with Gasteiger partial charge in [-0.1, -0.05) is 0 Å². The van der Waals surface area contributed by atoms with Crippen molar-refractivity contribution in [2.75, 3.05) is 25.0 Å². The second-order valence-electron chi connectivity index (χ2n) is 3.23. The van der Waals surface area contributed by atoms with Crippen molar-refractivity contribution in [3.05, 3.63) is 22.3 Å². The number of halogens is 4. The molecule has 0 amide bonds. The molecule has 0 atom stereocenters. The SMILES string of the molecule is CN(CCN)c1ncc(Br)cc1C(F)(F)F. The fourth-order valence-corrected chi connectivity index (χ4v) is 1.58. The molecule has 0 unspecified atom stereocenters. The van der Waals surface area contributed by atoms with Crippen LogP contribution in [0.1, 0.15) is 5.56 Å². The summed E-state index contributed by atoms with van der Waals surface area (Å²) < 4.78 is 38.4. The second-order valence-corrected chi connectivity index (χ2v) is 4.15. The summed E-state index contributed by atoms with van der Waals surface area (Å²) in [4.78, 5) is 5.15. The molecule has 1 heterocycles. The zero-order chi connectivity index (χ0) is 12.3. The molecule has 0 saturated carbocycles. The first-order valence-electron chi connectivity index (χ1n) is 4.50. The minimum absolute atomic E-state index is 0.110. The number of hydrogen-bond acceptors (Lipinski definition) is 3. The first-order chi connectivity index (χ1) is 7.36. The molecular formula is C9H11BrF3N3. The Balaban J connectivity index is 3.18. The third-order valence-corrected chi connectivity index (χ3v) is 2.40. The van der Waals surface area contributed by atoms with Gasteiger partial charge in [0.05, 0.1) is 5.56 Å². The molecule has 0 spiro atoms. The first kappa shape index (κ1) is 13.2. The monoisotopic (exact) mass is 297 g/mol. The maximum absolute atomic E-state index is 12.7. The molecule has 90 valence electrons. The largest absolute Gasteiger partial charge is 0.419 e. The third kappa shape index (κ3) is 3.08. The van der Waals surface area contributed by atoms with Gasteiger partial charge in [0.15, 0.2) is 0 Å². The number of alkyl halides is 3. The number of anilines is 1. The van der Waals surface area contributed by atoms with Crippen molar-refractivity contribution in [3.8, 4) is 0 Å². The predicted molar refractivity (Wildman–Crippen MR) is 59.3 cm³/mol. The van der Waals surface area contributed by atoms with Crippen molar-refractivity contribution in [1.82, 2.24) is 4.98 Å². The van der Waals surface area contributed by atoms with E-state index in [2.05, 4.69) is 20.9 Å². The van der Waals surface area contributed by atoms with Crippen LogP contribution in [0.5, 0.6) is 0 Å². The van der Waals surface area contributed by atoms with Crippen LogP contribution < -0.4 is 10.6 Å². The number of likely N-dealkylation sites (N-methyl/N-ethyl adjacent to an activating group) is 1. The summed E-state index contributed by atoms with van der Waals surface area (Å²) in [5.74, 6) is -0.110. The van der Waals surface area contributed by atoms with Crippen molar-refractivity contribution in [3.63, 3.8) is 0 Å². The number of rotatable bonds is 3. The fourth-order valence-electron chi connectivity index (χ4n) is 1.24. The molecular weight excluding hydrogens is 287 g/mol. The van der Waals surface area contributed by atoms with Crippen molar-refractivity contribution in [2.45, 2.75) is 6.18 Å². The Hall–Kier alpha value is -0.820. The highest BCUT2D eigenvalue weighted by Crippen LogP contribution is 2.36. The molecule has 7 heteroatoms. The molecule has 1 aromatic rings. The van der Waals surface area contributed by atoms with E-state index in [4.69, 9.17) is 5.73 Å². The van der Waals surface area contributed by atoms with Crippen molar-refractivity contribution in [1.29, 1.82) is 0 Å². The molecule has 3 nitrogen and oxygen atoms in total. The molecule has 0 aliphatic rings. The highest BCUT2D eigenvalue weighted by Gasteiger charge is 2.35. The van der Waals surface area contributed by atoms with E-state index in [9.17, 15) is 13.2 Å². The lowest BCUT2D eigenvalue weighted by Crippen LogP contribution is -2.28. The molecule has 0 aromatic carbocycles. The molecule has 0 radical (unpaired) electrons. The molecule has 0 fully saturated rings. The lowest BCUT2D eigenvalue weighted by Gasteiger charge is -2.21. The predicted octanol–water partition coefficient (Wildman–Crippen LogP) is 2.26. The molecule has 16 heavy (non-hydrogen) atoms. The van der Waals surface area contributed by atoms with Gasteiger partial charge in [-0.15, -0.1) is 0 Å². The number of nitrogens with two attached hydrogens (primary N) is 1. The Kier molecular flexibility index (Phi) is 4.15. The van der Waals surface area contributed by atoms with Crippen LogP contribution in [0, 0.1) is 0 Å². The van der Waals surface area contributed by atoms with Crippen LogP contribution >= 0.6 is 15.9 Å². The Bertz CT molecular complexity index is 368. The van der Waals surface area contributed by atoms with Gasteiger partial charge in [0.25, 0.3) is 0 Å². The van der Waals surface area contributed by atoms with Crippen molar-refractivity contribution >= 4 is 21.7 Å². The molecule has 2 N–H and O–H groups in total. The van der Waals surface area contributed by atoms with Gasteiger partial charge < -0.3 is 10.6 Å². The standard InChI is InChI=1S/C9H11BrF3N3/c1-16(3-2-14)8-7(9(11,12)13)4-6(10)5-15-8/h4-5H,2-3,14H2,1H3. The lowest BCUT2D eigenvalue weighted by atomic mass is 10.2. The normalized spacial score (nSPS) is 11.6. The topological polar surface area (TPSA) is 42.1 Å². The van der Waals surface area contributed by atoms with Crippen LogP contribution in [0.2, 0.25) is 0 Å². The summed E-state index contributed by atoms with van der Waals surface area (Å²) in [5.41, 5.74) is 4.53. The second kappa shape index (κ2) is 5.01. The minimum atomic E-state index is -4.42. The van der Waals surface area contributed by atoms with E-state index >= 15 is 0 Å². The quantitative estimate of drug-likeness (QED) is 0.930. The van der Waals surface area contributed by atoms with Crippen LogP contribution in [0.15, 0.2) is 16.7 Å². The van der Waals surface area contributed by atoms with Crippen LogP contribution in [0.4, 0.5) is 19.0 Å². The Morgan fingerprint density at radius 2 is 2.12 bits per heavy atom. The van der Waals surface area contributed by atoms with Gasteiger partial charge in [0, 0.05) is 30.8 Å². The van der Waals surface area contributed by atoms with E-state index in [0.717, 1.165) is 6.07 Å². The van der Waals surface area contributed by atoms with Gasteiger partial charge in [-0.2, -0.15) is 13.2 Å². The summed E-state index contributed by atoms with van der Waals surface area (Å²) in [5, 5.41) is 0. The molecule has 1 aromatic heterocycles. The lowest BCUT2D eigenvalue weighted by molar-refractivity contribution is -0.137. The van der Waals surface area contributed by atoms with Crippen molar-refractivity contribution in [2.24, 2.45) is 5.73 Å². The van der Waals surface area contributed by atoms with Gasteiger partial charge in [-0.25, -0.2) is 4.98 Å². The number of hydrogen-bond donors (Lipinski definition) is 1. The molecule has 0 aliphatic carbocycles. The van der Waals surface area contributed by atoms with E-state index in [-0.39, 0.29) is 12.4 Å². The third-order valence-electron chi connectivity index (χ3n) is 1.96. The molecule has 0 aliphatic heterocycles. The Labute approximate surface area is 99.6 Å². The average Bonchev–Trinajstić information content (AvgIpc) is 2.16. The molecule has 0 saturated heterocycles. The van der Waals surface area contributed by atoms with E-state index in [0.29, 0.717) is 11.0 Å². The minimum Gasteiger partial charge on any atom is -0.358 e. The highest BCUT2D eigenvalue weighted by molar-refractivity contribution is 9.10. The smallest absolute Gasteiger partial charge is 0.358 e. The summed E-state index contributed by atoms with van der Waals surface area (Å²) in [6.07, 6.45) is -3.09. The highest BCUT2D eigenvalue weighted by atomic mass is 79.9. The maximum atomic E-state index is 12.7. The average molecular weight is 298 g/mol. The van der Waals surface area contributed by atoms with Crippen LogP contribution in [-0.2, 0) is 6.18 Å². The Morgan fingerprint density at radius 1 is 1.50 bits per heavy atom. The van der Waals surface area contributed by atoms with Gasteiger partial charge in [-0.3, -0.25) is 0 Å². The van der Waals surface area contributed by atoms with E-state index in [1.165, 1.54) is 18.1 Å². The summed E-state index contributed by atoms with van der Waals surface area (Å²) in [6.45, 7) is 0.587.